The minimum Gasteiger partial charge on any atom is -0.311 e. The van der Waals surface area contributed by atoms with Gasteiger partial charge in [0.25, 0.3) is 0 Å². The van der Waals surface area contributed by atoms with Crippen LogP contribution in [0.3, 0.4) is 0 Å². The fraction of sp³-hybridized carbons (Fsp3) is 1.00. The standard InChI is InChI=1S/C17H34N2/c1-5-8-17(9-10-17)13-19-12-16(14(4)6-2)18-11-15(19)7-3/h14-16,18H,5-13H2,1-4H3. The van der Waals surface area contributed by atoms with Crippen molar-refractivity contribution in [2.45, 2.75) is 78.3 Å². The van der Waals surface area contributed by atoms with Crippen LogP contribution in [0.15, 0.2) is 0 Å². The zero-order valence-electron chi connectivity index (χ0n) is 13.5. The van der Waals surface area contributed by atoms with Gasteiger partial charge in [0.15, 0.2) is 0 Å². The van der Waals surface area contributed by atoms with Crippen LogP contribution in [0.25, 0.3) is 0 Å². The summed E-state index contributed by atoms with van der Waals surface area (Å²) in [5.74, 6) is 0.807. The minimum absolute atomic E-state index is 0.708. The molecule has 2 rings (SSSR count). The third-order valence-electron chi connectivity index (χ3n) is 5.64. The summed E-state index contributed by atoms with van der Waals surface area (Å²) in [6, 6.07) is 1.49. The van der Waals surface area contributed by atoms with Crippen molar-refractivity contribution in [3.05, 3.63) is 0 Å². The van der Waals surface area contributed by atoms with Crippen molar-refractivity contribution in [1.29, 1.82) is 0 Å². The molecule has 2 aliphatic rings. The lowest BCUT2D eigenvalue weighted by atomic mass is 9.92. The Morgan fingerprint density at radius 1 is 1.26 bits per heavy atom. The van der Waals surface area contributed by atoms with Crippen molar-refractivity contribution < 1.29 is 0 Å². The maximum Gasteiger partial charge on any atom is 0.0221 e. The van der Waals surface area contributed by atoms with Gasteiger partial charge in [0.05, 0.1) is 0 Å². The lowest BCUT2D eigenvalue weighted by Crippen LogP contribution is -2.59. The van der Waals surface area contributed by atoms with E-state index in [1.807, 2.05) is 0 Å². The van der Waals surface area contributed by atoms with Gasteiger partial charge in [0.1, 0.15) is 0 Å². The van der Waals surface area contributed by atoms with Gasteiger partial charge in [0, 0.05) is 31.7 Å². The van der Waals surface area contributed by atoms with E-state index in [1.165, 1.54) is 58.2 Å². The Hall–Kier alpha value is -0.0800. The SMILES string of the molecule is CCCC1(CN2CC(C(C)CC)NCC2CC)CC1. The Balaban J connectivity index is 1.94. The largest absolute Gasteiger partial charge is 0.311 e. The zero-order chi connectivity index (χ0) is 13.9. The van der Waals surface area contributed by atoms with E-state index in [-0.39, 0.29) is 0 Å². The van der Waals surface area contributed by atoms with Gasteiger partial charge in [-0.25, -0.2) is 0 Å². The molecule has 0 radical (unpaired) electrons. The zero-order valence-corrected chi connectivity index (χ0v) is 13.5. The van der Waals surface area contributed by atoms with Gasteiger partial charge in [0.2, 0.25) is 0 Å². The van der Waals surface area contributed by atoms with Gasteiger partial charge in [-0.3, -0.25) is 4.90 Å². The summed E-state index contributed by atoms with van der Waals surface area (Å²) < 4.78 is 0. The summed E-state index contributed by atoms with van der Waals surface area (Å²) in [6.45, 7) is 13.3. The van der Waals surface area contributed by atoms with Gasteiger partial charge in [-0.1, -0.05) is 40.5 Å². The first-order valence-corrected chi connectivity index (χ1v) is 8.61. The molecule has 2 nitrogen and oxygen atoms in total. The Bertz CT molecular complexity index is 272. The van der Waals surface area contributed by atoms with E-state index in [0.29, 0.717) is 11.5 Å². The van der Waals surface area contributed by atoms with Gasteiger partial charge in [-0.05, 0) is 37.0 Å². The second kappa shape index (κ2) is 6.58. The maximum absolute atomic E-state index is 3.80. The molecule has 2 fully saturated rings. The van der Waals surface area contributed by atoms with Crippen molar-refractivity contribution in [3.8, 4) is 0 Å². The molecule has 1 saturated heterocycles. The van der Waals surface area contributed by atoms with Crippen LogP contribution in [0.4, 0.5) is 0 Å². The van der Waals surface area contributed by atoms with Crippen molar-refractivity contribution in [2.75, 3.05) is 19.6 Å². The number of nitrogens with one attached hydrogen (secondary N) is 1. The van der Waals surface area contributed by atoms with Crippen molar-refractivity contribution in [3.63, 3.8) is 0 Å². The molecule has 0 bridgehead atoms. The van der Waals surface area contributed by atoms with Gasteiger partial charge in [-0.2, -0.15) is 0 Å². The van der Waals surface area contributed by atoms with Crippen LogP contribution in [0.5, 0.6) is 0 Å². The molecule has 3 unspecified atom stereocenters. The molecule has 112 valence electrons. The molecule has 0 aromatic carbocycles. The molecule has 3 atom stereocenters. The molecule has 2 heteroatoms. The summed E-state index contributed by atoms with van der Waals surface area (Å²) in [5.41, 5.74) is 0.708. The minimum atomic E-state index is 0.708. The van der Waals surface area contributed by atoms with Gasteiger partial charge in [-0.15, -0.1) is 0 Å². The fourth-order valence-electron chi connectivity index (χ4n) is 3.77. The van der Waals surface area contributed by atoms with E-state index in [2.05, 4.69) is 37.9 Å². The smallest absolute Gasteiger partial charge is 0.0221 e. The van der Waals surface area contributed by atoms with Gasteiger partial charge >= 0.3 is 0 Å². The molecule has 1 aliphatic carbocycles. The molecular formula is C17H34N2. The summed E-state index contributed by atoms with van der Waals surface area (Å²) >= 11 is 0. The molecule has 1 saturated carbocycles. The topological polar surface area (TPSA) is 15.3 Å². The van der Waals surface area contributed by atoms with Crippen LogP contribution in [0, 0.1) is 11.3 Å². The van der Waals surface area contributed by atoms with Crippen LogP contribution in [-0.4, -0.2) is 36.6 Å². The quantitative estimate of drug-likeness (QED) is 0.756. The Morgan fingerprint density at radius 3 is 2.53 bits per heavy atom. The lowest BCUT2D eigenvalue weighted by Gasteiger charge is -2.43. The highest BCUT2D eigenvalue weighted by Gasteiger charge is 2.44. The molecule has 0 spiro atoms. The molecule has 1 heterocycles. The van der Waals surface area contributed by atoms with E-state index < -0.39 is 0 Å². The number of rotatable bonds is 7. The molecule has 0 amide bonds. The summed E-state index contributed by atoms with van der Waals surface area (Å²) in [4.78, 5) is 2.83. The molecule has 0 aromatic heterocycles. The first-order chi connectivity index (χ1) is 9.14. The maximum atomic E-state index is 3.80. The first-order valence-electron chi connectivity index (χ1n) is 8.61. The normalized spacial score (nSPS) is 32.2. The average molecular weight is 266 g/mol. The number of hydrogen-bond acceptors (Lipinski definition) is 2. The van der Waals surface area contributed by atoms with E-state index in [9.17, 15) is 0 Å². The summed E-state index contributed by atoms with van der Waals surface area (Å²) in [5, 5.41) is 3.80. The van der Waals surface area contributed by atoms with Gasteiger partial charge < -0.3 is 5.32 Å². The Kier molecular flexibility index (Phi) is 5.30. The summed E-state index contributed by atoms with van der Waals surface area (Å²) in [6.07, 6.45) is 8.36. The van der Waals surface area contributed by atoms with E-state index >= 15 is 0 Å². The van der Waals surface area contributed by atoms with Crippen molar-refractivity contribution in [1.82, 2.24) is 10.2 Å². The van der Waals surface area contributed by atoms with Crippen molar-refractivity contribution in [2.24, 2.45) is 11.3 Å². The molecule has 1 aliphatic heterocycles. The summed E-state index contributed by atoms with van der Waals surface area (Å²) in [7, 11) is 0. The molecular weight excluding hydrogens is 232 g/mol. The average Bonchev–Trinajstić information content (AvgIpc) is 3.17. The highest BCUT2D eigenvalue weighted by molar-refractivity contribution is 4.98. The number of nitrogens with zero attached hydrogens (tertiary/aromatic N) is 1. The van der Waals surface area contributed by atoms with Crippen molar-refractivity contribution >= 4 is 0 Å². The second-order valence-electron chi connectivity index (χ2n) is 7.14. The first kappa shape index (κ1) is 15.3. The third kappa shape index (κ3) is 3.72. The predicted octanol–water partition coefficient (Wildman–Crippen LogP) is 3.67. The lowest BCUT2D eigenvalue weighted by molar-refractivity contribution is 0.0822. The van der Waals surface area contributed by atoms with E-state index in [1.54, 1.807) is 0 Å². The highest BCUT2D eigenvalue weighted by Crippen LogP contribution is 2.50. The third-order valence-corrected chi connectivity index (χ3v) is 5.64. The fourth-order valence-corrected chi connectivity index (χ4v) is 3.77. The number of piperazine rings is 1. The van der Waals surface area contributed by atoms with Crippen LogP contribution in [0.2, 0.25) is 0 Å². The molecule has 0 aromatic rings. The second-order valence-corrected chi connectivity index (χ2v) is 7.14. The highest BCUT2D eigenvalue weighted by atomic mass is 15.2. The van der Waals surface area contributed by atoms with Crippen LogP contribution in [0.1, 0.15) is 66.2 Å². The van der Waals surface area contributed by atoms with E-state index in [0.717, 1.165) is 12.0 Å². The molecule has 19 heavy (non-hydrogen) atoms. The Morgan fingerprint density at radius 2 is 2.00 bits per heavy atom. The number of hydrogen-bond donors (Lipinski definition) is 1. The van der Waals surface area contributed by atoms with Crippen LogP contribution in [-0.2, 0) is 0 Å². The molecule has 1 N–H and O–H groups in total. The predicted molar refractivity (Wildman–Crippen MR) is 83.5 cm³/mol. The monoisotopic (exact) mass is 266 g/mol. The van der Waals surface area contributed by atoms with Crippen LogP contribution >= 0.6 is 0 Å². The van der Waals surface area contributed by atoms with Crippen LogP contribution < -0.4 is 5.32 Å². The van der Waals surface area contributed by atoms with E-state index in [4.69, 9.17) is 0 Å². The Labute approximate surface area is 120 Å².